The summed E-state index contributed by atoms with van der Waals surface area (Å²) in [5.74, 6) is 6.22. The highest BCUT2D eigenvalue weighted by Gasteiger charge is 2.60. The maximum Gasteiger partial charge on any atom is 0.184 e. The van der Waals surface area contributed by atoms with E-state index in [9.17, 15) is 0 Å². The molecule has 1 aromatic rings. The van der Waals surface area contributed by atoms with E-state index in [1.807, 2.05) is 20.1 Å². The van der Waals surface area contributed by atoms with Gasteiger partial charge < -0.3 is 10.5 Å². The van der Waals surface area contributed by atoms with E-state index >= 15 is 0 Å². The van der Waals surface area contributed by atoms with Crippen LogP contribution >= 0.6 is 0 Å². The smallest absolute Gasteiger partial charge is 0.184 e. The number of hydrogen-bond donors (Lipinski definition) is 1. The van der Waals surface area contributed by atoms with E-state index < -0.39 is 5.66 Å². The molecule has 4 rings (SSSR count). The number of allylic oxidation sites excluding steroid dienone is 3. The molecule has 5 heteroatoms. The quantitative estimate of drug-likeness (QED) is 0.552. The first-order valence-corrected chi connectivity index (χ1v) is 11.3. The van der Waals surface area contributed by atoms with Crippen LogP contribution in [0.25, 0.3) is 5.57 Å². The van der Waals surface area contributed by atoms with Crippen molar-refractivity contribution in [2.45, 2.75) is 64.6 Å². The van der Waals surface area contributed by atoms with Crippen LogP contribution in [0.15, 0.2) is 51.5 Å². The summed E-state index contributed by atoms with van der Waals surface area (Å²) in [7, 11) is 1.81. The fraction of sp³-hybridized carbons (Fsp3) is 0.444. The van der Waals surface area contributed by atoms with Gasteiger partial charge in [-0.2, -0.15) is 0 Å². The number of rotatable bonds is 4. The molecule has 2 spiro atoms. The minimum absolute atomic E-state index is 0.0407. The Bertz CT molecular complexity index is 1100. The highest BCUT2D eigenvalue weighted by molar-refractivity contribution is 6.41. The van der Waals surface area contributed by atoms with Crippen LogP contribution in [0.1, 0.15) is 63.1 Å². The Balaban J connectivity index is 1.73. The topological polar surface area (TPSA) is 72.3 Å². The largest absolute Gasteiger partial charge is 0.382 e. The van der Waals surface area contributed by atoms with E-state index in [0.717, 1.165) is 49.0 Å². The average molecular weight is 429 g/mol. The fourth-order valence-electron chi connectivity index (χ4n) is 5.43. The van der Waals surface area contributed by atoms with E-state index in [-0.39, 0.29) is 5.41 Å². The number of benzene rings is 1. The number of amidine groups is 1. The average Bonchev–Trinajstić information content (AvgIpc) is 3.22. The Morgan fingerprint density at radius 2 is 2.06 bits per heavy atom. The summed E-state index contributed by atoms with van der Waals surface area (Å²) in [5.41, 5.74) is 11.8. The molecular formula is C27H32N4O. The normalized spacial score (nSPS) is 29.1. The number of ether oxygens (including phenoxy) is 1. The SMILES string of the molecule is C=C(C#CC)N=C/C=C(\C)c1ccc2c(c1)C1(N=C(C)C(N)=N1)C1(CCC(OC)CC1)C2. The molecule has 32 heavy (non-hydrogen) atoms. The molecule has 0 saturated heterocycles. The molecule has 1 fully saturated rings. The third-order valence-electron chi connectivity index (χ3n) is 7.24. The lowest BCUT2D eigenvalue weighted by Crippen LogP contribution is -2.43. The molecule has 166 valence electrons. The summed E-state index contributed by atoms with van der Waals surface area (Å²) in [5, 5.41) is 0. The summed E-state index contributed by atoms with van der Waals surface area (Å²) in [6.07, 6.45) is 9.18. The second kappa shape index (κ2) is 8.52. The molecule has 1 saturated carbocycles. The Morgan fingerprint density at radius 3 is 2.69 bits per heavy atom. The van der Waals surface area contributed by atoms with E-state index in [1.165, 1.54) is 11.1 Å². The van der Waals surface area contributed by atoms with Crippen molar-refractivity contribution in [3.63, 3.8) is 0 Å². The van der Waals surface area contributed by atoms with Gasteiger partial charge in [-0.25, -0.2) is 9.98 Å². The Morgan fingerprint density at radius 1 is 1.31 bits per heavy atom. The summed E-state index contributed by atoms with van der Waals surface area (Å²) in [4.78, 5) is 14.5. The molecule has 1 heterocycles. The molecule has 0 radical (unpaired) electrons. The van der Waals surface area contributed by atoms with Gasteiger partial charge in [0.2, 0.25) is 0 Å². The van der Waals surface area contributed by atoms with Gasteiger partial charge in [0.25, 0.3) is 0 Å². The number of methoxy groups -OCH3 is 1. The van der Waals surface area contributed by atoms with Crippen molar-refractivity contribution in [1.82, 2.24) is 0 Å². The molecule has 2 aliphatic carbocycles. The molecule has 0 bridgehead atoms. The molecular weight excluding hydrogens is 396 g/mol. The Kier molecular flexibility index (Phi) is 5.92. The fourth-order valence-corrected chi connectivity index (χ4v) is 5.43. The number of hydrogen-bond acceptors (Lipinski definition) is 5. The number of nitrogens with zero attached hydrogens (tertiary/aromatic N) is 3. The van der Waals surface area contributed by atoms with Gasteiger partial charge in [0.05, 0.1) is 11.8 Å². The highest BCUT2D eigenvalue weighted by atomic mass is 16.5. The minimum atomic E-state index is -0.620. The van der Waals surface area contributed by atoms with Crippen LogP contribution < -0.4 is 5.73 Å². The van der Waals surface area contributed by atoms with Crippen LogP contribution in [-0.2, 0) is 16.8 Å². The third-order valence-corrected chi connectivity index (χ3v) is 7.24. The van der Waals surface area contributed by atoms with Crippen LogP contribution in [0.4, 0.5) is 0 Å². The van der Waals surface area contributed by atoms with Gasteiger partial charge in [-0.15, -0.1) is 0 Å². The maximum atomic E-state index is 6.30. The van der Waals surface area contributed by atoms with E-state index in [0.29, 0.717) is 17.6 Å². The van der Waals surface area contributed by atoms with E-state index in [4.69, 9.17) is 20.5 Å². The first kappa shape index (κ1) is 22.2. The Labute approximate surface area is 191 Å². The van der Waals surface area contributed by atoms with Crippen LogP contribution in [0.2, 0.25) is 0 Å². The zero-order chi connectivity index (χ0) is 22.9. The summed E-state index contributed by atoms with van der Waals surface area (Å²) >= 11 is 0. The zero-order valence-corrected chi connectivity index (χ0v) is 19.5. The predicted octanol–water partition coefficient (Wildman–Crippen LogP) is 4.81. The molecule has 1 aliphatic heterocycles. The second-order valence-electron chi connectivity index (χ2n) is 9.08. The zero-order valence-electron chi connectivity index (χ0n) is 19.5. The third kappa shape index (κ3) is 3.63. The van der Waals surface area contributed by atoms with Gasteiger partial charge in [-0.05, 0) is 87.6 Å². The van der Waals surface area contributed by atoms with Gasteiger partial charge in [-0.1, -0.05) is 24.6 Å². The molecule has 3 aliphatic rings. The van der Waals surface area contributed by atoms with Gasteiger partial charge in [0.1, 0.15) is 11.5 Å². The van der Waals surface area contributed by atoms with Gasteiger partial charge in [0.15, 0.2) is 5.66 Å². The van der Waals surface area contributed by atoms with Crippen molar-refractivity contribution in [3.8, 4) is 11.8 Å². The molecule has 0 amide bonds. The monoisotopic (exact) mass is 428 g/mol. The van der Waals surface area contributed by atoms with Gasteiger partial charge in [-0.3, -0.25) is 4.99 Å². The second-order valence-corrected chi connectivity index (χ2v) is 9.08. The summed E-state index contributed by atoms with van der Waals surface area (Å²) < 4.78 is 5.65. The van der Waals surface area contributed by atoms with Crippen molar-refractivity contribution in [2.75, 3.05) is 7.11 Å². The molecule has 2 N–H and O–H groups in total. The lowest BCUT2D eigenvalue weighted by atomic mass is 9.65. The molecule has 1 aromatic carbocycles. The number of nitrogens with two attached hydrogens (primary N) is 1. The standard InChI is InChI=1S/C27H32N4O/c1-6-7-19(3)29-15-12-18(2)21-8-9-22-17-26(13-10-23(32-5)11-14-26)27(24(22)16-21)30-20(4)25(28)31-27/h8-9,12,15-16,23H,3,10-11,13-14,17H2,1-2,4-5H3,(H2,28,31)/b18-12+,29-15?. The first-order valence-electron chi connectivity index (χ1n) is 11.3. The van der Waals surface area contributed by atoms with Crippen LogP contribution in [0, 0.1) is 17.3 Å². The van der Waals surface area contributed by atoms with Crippen molar-refractivity contribution in [1.29, 1.82) is 0 Å². The van der Waals surface area contributed by atoms with Gasteiger partial charge >= 0.3 is 0 Å². The predicted molar refractivity (Wildman–Crippen MR) is 133 cm³/mol. The van der Waals surface area contributed by atoms with Gasteiger partial charge in [0, 0.05) is 24.3 Å². The maximum absolute atomic E-state index is 6.30. The number of fused-ring (bicyclic) bond motifs is 3. The minimum Gasteiger partial charge on any atom is -0.382 e. The van der Waals surface area contributed by atoms with Crippen molar-refractivity contribution in [2.24, 2.45) is 26.1 Å². The lowest BCUT2D eigenvalue weighted by Gasteiger charge is -2.44. The Hall–Kier alpha value is -2.97. The summed E-state index contributed by atoms with van der Waals surface area (Å²) in [6.45, 7) is 9.67. The molecule has 1 unspecified atom stereocenters. The van der Waals surface area contributed by atoms with Crippen LogP contribution in [0.5, 0.6) is 0 Å². The van der Waals surface area contributed by atoms with Crippen LogP contribution in [0.3, 0.4) is 0 Å². The molecule has 1 atom stereocenters. The van der Waals surface area contributed by atoms with Crippen molar-refractivity contribution >= 4 is 23.3 Å². The summed E-state index contributed by atoms with van der Waals surface area (Å²) in [6, 6.07) is 6.69. The molecule has 0 aromatic heterocycles. The first-order chi connectivity index (χ1) is 15.3. The van der Waals surface area contributed by atoms with Crippen molar-refractivity contribution < 1.29 is 4.74 Å². The van der Waals surface area contributed by atoms with E-state index in [1.54, 1.807) is 13.1 Å². The van der Waals surface area contributed by atoms with E-state index in [2.05, 4.69) is 48.5 Å². The highest BCUT2D eigenvalue weighted by Crippen LogP contribution is 2.61. The lowest BCUT2D eigenvalue weighted by molar-refractivity contribution is -0.000378. The van der Waals surface area contributed by atoms with Crippen LogP contribution in [-0.4, -0.2) is 31.0 Å². The van der Waals surface area contributed by atoms with Crippen molar-refractivity contribution in [3.05, 3.63) is 53.2 Å². The number of aliphatic imine (C=N–C) groups is 3. The molecule has 5 nitrogen and oxygen atoms in total.